The third-order valence-corrected chi connectivity index (χ3v) is 7.46. The first-order valence-corrected chi connectivity index (χ1v) is 14.5. The molecule has 0 saturated heterocycles. The summed E-state index contributed by atoms with van der Waals surface area (Å²) in [6, 6.07) is 15.4. The normalized spacial score (nSPS) is 18.6. The molecule has 4 nitrogen and oxygen atoms in total. The van der Waals surface area contributed by atoms with Crippen LogP contribution in [0.25, 0.3) is 0 Å². The van der Waals surface area contributed by atoms with E-state index < -0.39 is 47.9 Å². The fourth-order valence-electron chi connectivity index (χ4n) is 5.18. The number of benzene rings is 3. The summed E-state index contributed by atoms with van der Waals surface area (Å²) in [7, 11) is 0. The Kier molecular flexibility index (Phi) is 9.39. The van der Waals surface area contributed by atoms with Crippen LogP contribution in [0.15, 0.2) is 60.7 Å². The Morgan fingerprint density at radius 3 is 1.91 bits per heavy atom. The first kappa shape index (κ1) is 33.6. The van der Waals surface area contributed by atoms with Crippen LogP contribution in [0.1, 0.15) is 88.0 Å². The van der Waals surface area contributed by atoms with Gasteiger partial charge in [-0.1, -0.05) is 45.0 Å². The summed E-state index contributed by atoms with van der Waals surface area (Å²) in [6.45, 7) is 13.7. The van der Waals surface area contributed by atoms with E-state index in [4.69, 9.17) is 14.2 Å². The van der Waals surface area contributed by atoms with Crippen molar-refractivity contribution in [3.63, 3.8) is 0 Å². The SMILES string of the molecule is CC(C)OC1c2cc(NCc3ccc(C(C)(C)C)cc3)ccc2OC(C)(C)C1OCc1cc(C(F)(F)F)cc(C(F)(F)F)c1. The highest BCUT2D eigenvalue weighted by atomic mass is 19.4. The van der Waals surface area contributed by atoms with Crippen LogP contribution in [-0.4, -0.2) is 17.8 Å². The molecule has 0 amide bonds. The van der Waals surface area contributed by atoms with E-state index in [9.17, 15) is 26.3 Å². The van der Waals surface area contributed by atoms with Crippen LogP contribution in [0.5, 0.6) is 5.75 Å². The summed E-state index contributed by atoms with van der Waals surface area (Å²) in [5.41, 5.74) is -0.257. The second kappa shape index (κ2) is 12.3. The zero-order valence-corrected chi connectivity index (χ0v) is 25.9. The zero-order chi connectivity index (χ0) is 32.7. The molecule has 3 aromatic carbocycles. The number of alkyl halides is 6. The molecule has 0 bridgehead atoms. The summed E-state index contributed by atoms with van der Waals surface area (Å²) >= 11 is 0. The maximum atomic E-state index is 13.4. The predicted molar refractivity (Wildman–Crippen MR) is 158 cm³/mol. The summed E-state index contributed by atoms with van der Waals surface area (Å²) in [5.74, 6) is 0.555. The van der Waals surface area contributed by atoms with Crippen LogP contribution < -0.4 is 10.1 Å². The number of nitrogens with one attached hydrogen (secondary N) is 1. The van der Waals surface area contributed by atoms with E-state index in [0.29, 0.717) is 30.0 Å². The van der Waals surface area contributed by atoms with E-state index in [1.54, 1.807) is 13.8 Å². The summed E-state index contributed by atoms with van der Waals surface area (Å²) in [4.78, 5) is 0. The van der Waals surface area contributed by atoms with Crippen LogP contribution in [0, 0.1) is 0 Å². The van der Waals surface area contributed by atoms with Gasteiger partial charge in [-0.2, -0.15) is 26.3 Å². The highest BCUT2D eigenvalue weighted by molar-refractivity contribution is 5.54. The second-order valence-corrected chi connectivity index (χ2v) is 13.0. The lowest BCUT2D eigenvalue weighted by atomic mass is 9.87. The van der Waals surface area contributed by atoms with Crippen molar-refractivity contribution in [1.29, 1.82) is 0 Å². The Morgan fingerprint density at radius 1 is 0.795 bits per heavy atom. The number of hydrogen-bond donors (Lipinski definition) is 1. The number of anilines is 1. The largest absolute Gasteiger partial charge is 0.485 e. The predicted octanol–water partition coefficient (Wildman–Crippen LogP) is 9.86. The van der Waals surface area contributed by atoms with Crippen molar-refractivity contribution in [1.82, 2.24) is 0 Å². The van der Waals surface area contributed by atoms with Gasteiger partial charge in [0.2, 0.25) is 0 Å². The van der Waals surface area contributed by atoms with Gasteiger partial charge in [0.1, 0.15) is 23.6 Å². The van der Waals surface area contributed by atoms with Crippen molar-refractivity contribution in [2.45, 2.75) is 103 Å². The molecule has 0 fully saturated rings. The smallest absolute Gasteiger partial charge is 0.416 e. The number of fused-ring (bicyclic) bond motifs is 1. The second-order valence-electron chi connectivity index (χ2n) is 13.0. The van der Waals surface area contributed by atoms with E-state index in [-0.39, 0.29) is 23.1 Å². The van der Waals surface area contributed by atoms with Crippen LogP contribution in [0.2, 0.25) is 0 Å². The number of rotatable bonds is 8. The minimum Gasteiger partial charge on any atom is -0.485 e. The minimum absolute atomic E-state index is 0.0457. The first-order chi connectivity index (χ1) is 20.2. The van der Waals surface area contributed by atoms with Crippen molar-refractivity contribution in [2.24, 2.45) is 0 Å². The Bertz CT molecular complexity index is 1410. The molecule has 0 aromatic heterocycles. The van der Waals surface area contributed by atoms with Crippen molar-refractivity contribution in [3.05, 3.63) is 94.0 Å². The lowest BCUT2D eigenvalue weighted by Crippen LogP contribution is -2.51. The number of ether oxygens (including phenoxy) is 3. The molecule has 10 heteroatoms. The molecule has 2 unspecified atom stereocenters. The molecule has 0 spiro atoms. The van der Waals surface area contributed by atoms with E-state index in [0.717, 1.165) is 11.3 Å². The molecular formula is C34H39F6NO3. The van der Waals surface area contributed by atoms with Crippen LogP contribution in [-0.2, 0) is 40.4 Å². The molecule has 44 heavy (non-hydrogen) atoms. The molecular weight excluding hydrogens is 584 g/mol. The van der Waals surface area contributed by atoms with Gasteiger partial charge in [-0.3, -0.25) is 0 Å². The zero-order valence-electron chi connectivity index (χ0n) is 25.9. The molecule has 3 aromatic rings. The molecule has 0 aliphatic carbocycles. The third-order valence-electron chi connectivity index (χ3n) is 7.46. The highest BCUT2D eigenvalue weighted by Crippen LogP contribution is 2.45. The minimum atomic E-state index is -4.95. The molecule has 1 aliphatic rings. The van der Waals surface area contributed by atoms with Gasteiger partial charge in [-0.05, 0) is 86.2 Å². The molecule has 2 atom stereocenters. The van der Waals surface area contributed by atoms with Crippen LogP contribution in [0.3, 0.4) is 0 Å². The van der Waals surface area contributed by atoms with E-state index in [1.807, 2.05) is 32.0 Å². The number of halogens is 6. The average molecular weight is 624 g/mol. The van der Waals surface area contributed by atoms with E-state index in [1.165, 1.54) is 5.56 Å². The van der Waals surface area contributed by atoms with Gasteiger partial charge < -0.3 is 19.5 Å². The monoisotopic (exact) mass is 623 g/mol. The summed E-state index contributed by atoms with van der Waals surface area (Å²) in [5, 5.41) is 3.41. The van der Waals surface area contributed by atoms with Gasteiger partial charge in [0.05, 0.1) is 23.8 Å². The molecule has 1 aliphatic heterocycles. The summed E-state index contributed by atoms with van der Waals surface area (Å²) in [6.07, 6.45) is -11.8. The van der Waals surface area contributed by atoms with Crippen LogP contribution in [0.4, 0.5) is 32.0 Å². The highest BCUT2D eigenvalue weighted by Gasteiger charge is 2.46. The fourth-order valence-corrected chi connectivity index (χ4v) is 5.18. The van der Waals surface area contributed by atoms with Gasteiger partial charge in [0, 0.05) is 17.8 Å². The average Bonchev–Trinajstić information content (AvgIpc) is 2.89. The summed E-state index contributed by atoms with van der Waals surface area (Å²) < 4.78 is 99.3. The van der Waals surface area contributed by atoms with Gasteiger partial charge >= 0.3 is 12.4 Å². The van der Waals surface area contributed by atoms with Gasteiger partial charge in [-0.25, -0.2) is 0 Å². The fraction of sp³-hybridized carbons (Fsp3) is 0.471. The van der Waals surface area contributed by atoms with Gasteiger partial charge in [0.25, 0.3) is 0 Å². The van der Waals surface area contributed by atoms with Crippen molar-refractivity contribution in [3.8, 4) is 5.75 Å². The third kappa shape index (κ3) is 8.07. The number of hydrogen-bond acceptors (Lipinski definition) is 4. The van der Waals surface area contributed by atoms with Crippen molar-refractivity contribution >= 4 is 5.69 Å². The standard InChI is InChI=1S/C34H39F6NO3/c1-20(2)43-29-27-17-26(41-18-21-8-10-23(11-9-21)31(3,4)5)12-13-28(27)44-32(6,7)30(29)42-19-22-14-24(33(35,36)37)16-25(15-22)34(38,39)40/h8-17,20,29-30,41H,18-19H2,1-7H3. The van der Waals surface area contributed by atoms with Gasteiger partial charge in [-0.15, -0.1) is 0 Å². The lowest BCUT2D eigenvalue weighted by molar-refractivity contribution is -0.177. The molecule has 1 N–H and O–H groups in total. The molecule has 4 rings (SSSR count). The van der Waals surface area contributed by atoms with Crippen molar-refractivity contribution in [2.75, 3.05) is 5.32 Å². The molecule has 240 valence electrons. The first-order valence-electron chi connectivity index (χ1n) is 14.5. The van der Waals surface area contributed by atoms with Crippen molar-refractivity contribution < 1.29 is 40.6 Å². The Morgan fingerprint density at radius 2 is 1.39 bits per heavy atom. The Balaban J connectivity index is 1.60. The van der Waals surface area contributed by atoms with Gasteiger partial charge in [0.15, 0.2) is 0 Å². The maximum absolute atomic E-state index is 13.4. The Labute approximate surface area is 254 Å². The molecule has 0 saturated carbocycles. The molecule has 0 radical (unpaired) electrons. The van der Waals surface area contributed by atoms with E-state index >= 15 is 0 Å². The van der Waals surface area contributed by atoms with E-state index in [2.05, 4.69) is 50.4 Å². The van der Waals surface area contributed by atoms with Crippen LogP contribution >= 0.6 is 0 Å². The quantitative estimate of drug-likeness (QED) is 0.254. The molecule has 1 heterocycles. The topological polar surface area (TPSA) is 39.7 Å². The Hall–Kier alpha value is -3.24. The maximum Gasteiger partial charge on any atom is 0.416 e. The lowest BCUT2D eigenvalue weighted by Gasteiger charge is -2.45.